The Balaban J connectivity index is 2.33. The number of carbonyl (C=O) groups is 1. The lowest BCUT2D eigenvalue weighted by atomic mass is 9.89. The number of nitrogen functional groups attached to an aromatic ring is 1. The van der Waals surface area contributed by atoms with Crippen LogP contribution in [-0.2, 0) is 4.79 Å². The summed E-state index contributed by atoms with van der Waals surface area (Å²) in [5, 5.41) is 33.7. The molecule has 1 aromatic heterocycles. The van der Waals surface area contributed by atoms with E-state index in [4.69, 9.17) is 11.1 Å². The first-order valence-electron chi connectivity index (χ1n) is 10.7. The van der Waals surface area contributed by atoms with Gasteiger partial charge in [0.15, 0.2) is 17.5 Å². The number of nitrogens with two attached hydrogens (primary N) is 1. The summed E-state index contributed by atoms with van der Waals surface area (Å²) in [6.07, 6.45) is 1.47. The predicted molar refractivity (Wildman–Crippen MR) is 126 cm³/mol. The van der Waals surface area contributed by atoms with Crippen LogP contribution >= 0.6 is 0 Å². The highest BCUT2D eigenvalue weighted by Gasteiger charge is 2.27. The topological polar surface area (TPSA) is 141 Å². The van der Waals surface area contributed by atoms with Crippen LogP contribution in [0.4, 0.5) is 14.6 Å². The van der Waals surface area contributed by atoms with Gasteiger partial charge in [-0.3, -0.25) is 10.1 Å². The van der Waals surface area contributed by atoms with Crippen LogP contribution in [-0.4, -0.2) is 26.5 Å². The van der Waals surface area contributed by atoms with Crippen molar-refractivity contribution in [3.8, 4) is 17.3 Å². The fraction of sp³-hybridized carbons (Fsp3) is 0.417. The van der Waals surface area contributed by atoms with Gasteiger partial charge in [-0.1, -0.05) is 26.8 Å². The number of nitrogens with one attached hydrogen (secondary N) is 2. The Bertz CT molecular complexity index is 1190. The third kappa shape index (κ3) is 5.78. The number of hydrogen-bond acceptors (Lipinski definition) is 6. The van der Waals surface area contributed by atoms with Crippen molar-refractivity contribution in [2.75, 3.05) is 5.73 Å². The number of aromatic nitrogens is 2. The van der Waals surface area contributed by atoms with E-state index in [0.29, 0.717) is 6.42 Å². The Morgan fingerprint density at radius 3 is 2.47 bits per heavy atom. The highest BCUT2D eigenvalue weighted by Crippen LogP contribution is 2.33. The Hall–Kier alpha value is -3.74. The van der Waals surface area contributed by atoms with Gasteiger partial charge in [-0.15, -0.1) is 0 Å². The van der Waals surface area contributed by atoms with Crippen molar-refractivity contribution in [2.45, 2.75) is 59.9 Å². The van der Waals surface area contributed by atoms with Gasteiger partial charge in [-0.25, -0.2) is 13.5 Å². The molecule has 0 spiro atoms. The largest absolute Gasteiger partial charge is 0.494 e. The molecule has 0 aliphatic carbocycles. The number of nitriles is 1. The monoisotopic (exact) mass is 472 g/mol. The number of allylic oxidation sites excluding steroid dienone is 1. The van der Waals surface area contributed by atoms with Crippen LogP contribution in [0.5, 0.6) is 0 Å². The number of aliphatic hydroxyl groups excluding tert-OH is 1. The lowest BCUT2D eigenvalue weighted by molar-refractivity contribution is -0.122. The van der Waals surface area contributed by atoms with Gasteiger partial charge in [-0.05, 0) is 38.7 Å². The van der Waals surface area contributed by atoms with Crippen molar-refractivity contribution in [3.05, 3.63) is 46.9 Å². The summed E-state index contributed by atoms with van der Waals surface area (Å²) in [6, 6.07) is 4.14. The van der Waals surface area contributed by atoms with E-state index in [0.717, 1.165) is 6.08 Å². The molecular weight excluding hydrogens is 442 g/mol. The molecule has 1 amide bonds. The molecule has 182 valence electrons. The molecule has 2 rings (SSSR count). The second-order valence-electron chi connectivity index (χ2n) is 9.59. The molecule has 5 N–H and O–H groups in total. The summed E-state index contributed by atoms with van der Waals surface area (Å²) in [6.45, 7) is 10.7. The first-order valence-corrected chi connectivity index (χ1v) is 10.7. The van der Waals surface area contributed by atoms with Gasteiger partial charge in [0.1, 0.15) is 23.1 Å². The summed E-state index contributed by atoms with van der Waals surface area (Å²) in [5.74, 6) is -5.00. The molecule has 0 saturated heterocycles. The van der Waals surface area contributed by atoms with Gasteiger partial charge in [0.05, 0.1) is 5.92 Å². The molecule has 1 atom stereocenters. The van der Waals surface area contributed by atoms with Crippen molar-refractivity contribution in [1.29, 1.82) is 10.7 Å². The first-order chi connectivity index (χ1) is 15.7. The van der Waals surface area contributed by atoms with Crippen molar-refractivity contribution < 1.29 is 18.7 Å². The van der Waals surface area contributed by atoms with E-state index < -0.39 is 29.3 Å². The highest BCUT2D eigenvalue weighted by molar-refractivity contribution is 5.94. The molecule has 0 bridgehead atoms. The van der Waals surface area contributed by atoms with Crippen molar-refractivity contribution >= 4 is 17.4 Å². The number of rotatable bonds is 7. The maximum absolute atomic E-state index is 15.0. The Labute approximate surface area is 197 Å². The molecule has 1 heterocycles. The van der Waals surface area contributed by atoms with Crippen molar-refractivity contribution in [2.24, 2.45) is 5.41 Å². The van der Waals surface area contributed by atoms with E-state index in [-0.39, 0.29) is 45.4 Å². The number of carbonyl (C=O) groups excluding carboxylic acids is 1. The van der Waals surface area contributed by atoms with Crippen LogP contribution in [0, 0.1) is 33.8 Å². The van der Waals surface area contributed by atoms with Crippen LogP contribution < -0.4 is 11.1 Å². The van der Waals surface area contributed by atoms with Crippen LogP contribution in [0.3, 0.4) is 0 Å². The number of halogens is 2. The van der Waals surface area contributed by atoms with Crippen LogP contribution in [0.2, 0.25) is 0 Å². The normalized spacial score (nSPS) is 13.0. The van der Waals surface area contributed by atoms with Gasteiger partial charge in [0, 0.05) is 29.0 Å². The minimum absolute atomic E-state index is 0.0448. The number of hydrogen-bond donors (Lipinski definition) is 4. The molecule has 0 aliphatic rings. The van der Waals surface area contributed by atoms with E-state index in [9.17, 15) is 19.6 Å². The molecule has 10 heteroatoms. The SMILES string of the molecule is CC(C(=O)N/C(O)=C/C(=N)CC(C)(C)C)c1ccc(-c2nn(C(C)C)c(N)c2C#N)c(F)c1F. The van der Waals surface area contributed by atoms with Crippen LogP contribution in [0.15, 0.2) is 24.1 Å². The minimum Gasteiger partial charge on any atom is -0.494 e. The highest BCUT2D eigenvalue weighted by atomic mass is 19.2. The number of nitrogens with zero attached hydrogens (tertiary/aromatic N) is 3. The molecule has 0 aliphatic heterocycles. The van der Waals surface area contributed by atoms with Gasteiger partial charge >= 0.3 is 0 Å². The predicted octanol–water partition coefficient (Wildman–Crippen LogP) is 4.94. The van der Waals surface area contributed by atoms with E-state index >= 15 is 4.39 Å². The smallest absolute Gasteiger partial charge is 0.234 e. The van der Waals surface area contributed by atoms with Gasteiger partial charge < -0.3 is 16.2 Å². The van der Waals surface area contributed by atoms with Crippen molar-refractivity contribution in [1.82, 2.24) is 15.1 Å². The standard InChI is InChI=1S/C24H30F2N6O2/c1-12(2)32-22(29)17(11-27)21(31-32)16-8-7-15(19(25)20(16)26)13(3)23(34)30-18(33)9-14(28)10-24(4,5)6/h7-9,12-13,28,33H,10,29H2,1-6H3,(H,30,34)/b18-9-,28-14?. The molecule has 1 aromatic carbocycles. The molecule has 0 saturated carbocycles. The lowest BCUT2D eigenvalue weighted by Crippen LogP contribution is -2.28. The van der Waals surface area contributed by atoms with Gasteiger partial charge in [0.2, 0.25) is 5.91 Å². The van der Waals surface area contributed by atoms with Crippen molar-refractivity contribution in [3.63, 3.8) is 0 Å². The molecular formula is C24H30F2N6O2. The number of amides is 1. The van der Waals surface area contributed by atoms with E-state index in [2.05, 4.69) is 10.4 Å². The Morgan fingerprint density at radius 1 is 1.32 bits per heavy atom. The van der Waals surface area contributed by atoms with E-state index in [1.54, 1.807) is 13.8 Å². The molecule has 8 nitrogen and oxygen atoms in total. The van der Waals surface area contributed by atoms with Crippen LogP contribution in [0.1, 0.15) is 71.0 Å². The second-order valence-corrected chi connectivity index (χ2v) is 9.59. The van der Waals surface area contributed by atoms with E-state index in [1.807, 2.05) is 26.8 Å². The van der Waals surface area contributed by atoms with Gasteiger partial charge in [0.25, 0.3) is 0 Å². The lowest BCUT2D eigenvalue weighted by Gasteiger charge is -2.17. The maximum Gasteiger partial charge on any atom is 0.234 e. The fourth-order valence-electron chi connectivity index (χ4n) is 3.42. The first kappa shape index (κ1) is 26.5. The summed E-state index contributed by atoms with van der Waals surface area (Å²) < 4.78 is 31.4. The minimum atomic E-state index is -1.27. The van der Waals surface area contributed by atoms with Gasteiger partial charge in [-0.2, -0.15) is 10.4 Å². The molecule has 2 aromatic rings. The summed E-state index contributed by atoms with van der Waals surface area (Å²) >= 11 is 0. The zero-order valence-electron chi connectivity index (χ0n) is 20.1. The third-order valence-corrected chi connectivity index (χ3v) is 5.06. The molecule has 0 radical (unpaired) electrons. The number of benzene rings is 1. The molecule has 34 heavy (non-hydrogen) atoms. The molecule has 0 fully saturated rings. The second kappa shape index (κ2) is 10.0. The number of aliphatic hydroxyl groups is 1. The quantitative estimate of drug-likeness (QED) is 0.334. The van der Waals surface area contributed by atoms with E-state index in [1.165, 1.54) is 23.7 Å². The Kier molecular flexibility index (Phi) is 7.82. The summed E-state index contributed by atoms with van der Waals surface area (Å²) in [7, 11) is 0. The maximum atomic E-state index is 15.0. The van der Waals surface area contributed by atoms with Crippen LogP contribution in [0.25, 0.3) is 11.3 Å². The third-order valence-electron chi connectivity index (χ3n) is 5.06. The number of anilines is 1. The zero-order chi connectivity index (χ0) is 26.0. The summed E-state index contributed by atoms with van der Waals surface area (Å²) in [4.78, 5) is 12.5. The average molecular weight is 473 g/mol. The Morgan fingerprint density at radius 2 is 1.94 bits per heavy atom. The summed E-state index contributed by atoms with van der Waals surface area (Å²) in [5.41, 5.74) is 5.20. The fourth-order valence-corrected chi connectivity index (χ4v) is 3.42. The average Bonchev–Trinajstić information content (AvgIpc) is 3.04. The zero-order valence-corrected chi connectivity index (χ0v) is 20.1. The molecule has 1 unspecified atom stereocenters.